The van der Waals surface area contributed by atoms with Crippen molar-refractivity contribution in [3.63, 3.8) is 0 Å². The minimum absolute atomic E-state index is 0.265. The number of nitrogens with one attached hydrogen (secondary N) is 1. The van der Waals surface area contributed by atoms with E-state index in [0.29, 0.717) is 12.0 Å². The molecule has 2 aliphatic heterocycles. The van der Waals surface area contributed by atoms with Crippen molar-refractivity contribution in [1.82, 2.24) is 10.2 Å². The Morgan fingerprint density at radius 1 is 1.39 bits per heavy atom. The van der Waals surface area contributed by atoms with Gasteiger partial charge < -0.3 is 15.0 Å². The Morgan fingerprint density at radius 3 is 2.67 bits per heavy atom. The largest absolute Gasteiger partial charge is 0.381 e. The number of carbonyl (C=O) groups excluding carboxylic acids is 1. The lowest BCUT2D eigenvalue weighted by Crippen LogP contribution is -2.41. The van der Waals surface area contributed by atoms with Gasteiger partial charge in [0, 0.05) is 43.8 Å². The molecule has 1 amide bonds. The molecule has 3 fully saturated rings. The average Bonchev–Trinajstić information content (AvgIpc) is 3.00. The van der Waals surface area contributed by atoms with Crippen molar-refractivity contribution in [3.05, 3.63) is 11.1 Å². The fourth-order valence-corrected chi connectivity index (χ4v) is 2.67. The van der Waals surface area contributed by atoms with E-state index < -0.39 is 0 Å². The van der Waals surface area contributed by atoms with E-state index in [2.05, 4.69) is 10.2 Å². The summed E-state index contributed by atoms with van der Waals surface area (Å²) in [5, 5.41) is 3.21. The van der Waals surface area contributed by atoms with E-state index >= 15 is 0 Å². The van der Waals surface area contributed by atoms with Crippen LogP contribution in [-0.2, 0) is 9.53 Å². The number of carbonyl (C=O) groups is 1. The van der Waals surface area contributed by atoms with E-state index in [-0.39, 0.29) is 5.91 Å². The van der Waals surface area contributed by atoms with E-state index in [1.54, 1.807) is 0 Å². The Bertz CT molecular complexity index is 362. The minimum Gasteiger partial charge on any atom is -0.381 e. The van der Waals surface area contributed by atoms with Gasteiger partial charge in [0.15, 0.2) is 0 Å². The van der Waals surface area contributed by atoms with Gasteiger partial charge in [0.1, 0.15) is 0 Å². The molecule has 18 heavy (non-hydrogen) atoms. The molecule has 3 aliphatic rings. The maximum Gasteiger partial charge on any atom is 0.249 e. The van der Waals surface area contributed by atoms with Gasteiger partial charge in [-0.2, -0.15) is 0 Å². The smallest absolute Gasteiger partial charge is 0.249 e. The summed E-state index contributed by atoms with van der Waals surface area (Å²) in [6, 6.07) is 0.502. The molecule has 0 bridgehead atoms. The first kappa shape index (κ1) is 12.2. The zero-order valence-corrected chi connectivity index (χ0v) is 11.1. The minimum atomic E-state index is 0.265. The highest BCUT2D eigenvalue weighted by Gasteiger charge is 2.35. The summed E-state index contributed by atoms with van der Waals surface area (Å²) in [7, 11) is 0. The standard InChI is InChI=1S/C14H22N2O2/c1-10(12-6-15-7-12)14(17)16(13-2-3-13)8-11-4-5-18-9-11/h11,13,15H,2-9H2,1H3. The van der Waals surface area contributed by atoms with Crippen LogP contribution in [0.25, 0.3) is 0 Å². The topological polar surface area (TPSA) is 41.6 Å². The molecule has 0 radical (unpaired) electrons. The van der Waals surface area contributed by atoms with Crippen LogP contribution in [0.15, 0.2) is 11.1 Å². The molecule has 1 aliphatic carbocycles. The summed E-state index contributed by atoms with van der Waals surface area (Å²) < 4.78 is 5.42. The van der Waals surface area contributed by atoms with E-state index in [0.717, 1.165) is 44.8 Å². The monoisotopic (exact) mass is 250 g/mol. The number of hydrogen-bond acceptors (Lipinski definition) is 3. The summed E-state index contributed by atoms with van der Waals surface area (Å²) in [5.74, 6) is 0.813. The Labute approximate surface area is 108 Å². The summed E-state index contributed by atoms with van der Waals surface area (Å²) in [6.07, 6.45) is 3.47. The molecule has 3 rings (SSSR count). The average molecular weight is 250 g/mol. The molecule has 1 atom stereocenters. The van der Waals surface area contributed by atoms with Crippen molar-refractivity contribution in [2.24, 2.45) is 5.92 Å². The second kappa shape index (κ2) is 5.02. The maximum atomic E-state index is 12.5. The van der Waals surface area contributed by atoms with Crippen LogP contribution in [0.1, 0.15) is 26.2 Å². The molecule has 100 valence electrons. The van der Waals surface area contributed by atoms with Gasteiger partial charge in [-0.15, -0.1) is 0 Å². The third-order valence-corrected chi connectivity index (χ3v) is 4.26. The van der Waals surface area contributed by atoms with Crippen LogP contribution in [0, 0.1) is 5.92 Å². The maximum absolute atomic E-state index is 12.5. The first-order chi connectivity index (χ1) is 8.75. The molecule has 1 unspecified atom stereocenters. The van der Waals surface area contributed by atoms with Crippen molar-refractivity contribution in [2.45, 2.75) is 32.2 Å². The Balaban J connectivity index is 1.66. The van der Waals surface area contributed by atoms with E-state index in [1.165, 1.54) is 18.4 Å². The van der Waals surface area contributed by atoms with Gasteiger partial charge in [-0.1, -0.05) is 0 Å². The second-order valence-corrected chi connectivity index (χ2v) is 5.75. The van der Waals surface area contributed by atoms with Crippen LogP contribution in [0.5, 0.6) is 0 Å². The lowest BCUT2D eigenvalue weighted by molar-refractivity contribution is -0.128. The van der Waals surface area contributed by atoms with E-state index in [9.17, 15) is 4.79 Å². The summed E-state index contributed by atoms with van der Waals surface area (Å²) >= 11 is 0. The molecular formula is C14H22N2O2. The number of hydrogen-bond donors (Lipinski definition) is 1. The zero-order valence-electron chi connectivity index (χ0n) is 11.1. The summed E-state index contributed by atoms with van der Waals surface area (Å²) in [4.78, 5) is 14.7. The van der Waals surface area contributed by atoms with Gasteiger partial charge >= 0.3 is 0 Å². The summed E-state index contributed by atoms with van der Waals surface area (Å²) in [6.45, 7) is 6.35. The molecule has 1 N–H and O–H groups in total. The molecule has 4 nitrogen and oxygen atoms in total. The van der Waals surface area contributed by atoms with Crippen LogP contribution < -0.4 is 5.32 Å². The molecular weight excluding hydrogens is 228 g/mol. The first-order valence-electron chi connectivity index (χ1n) is 7.03. The quantitative estimate of drug-likeness (QED) is 0.755. The fourth-order valence-electron chi connectivity index (χ4n) is 2.67. The van der Waals surface area contributed by atoms with E-state index in [4.69, 9.17) is 4.74 Å². The molecule has 0 spiro atoms. The summed E-state index contributed by atoms with van der Waals surface area (Å²) in [5.41, 5.74) is 2.26. The van der Waals surface area contributed by atoms with Crippen LogP contribution >= 0.6 is 0 Å². The highest BCUT2D eigenvalue weighted by Crippen LogP contribution is 2.30. The SMILES string of the molecule is CC(C(=O)N(CC1CCOC1)C1CC1)=C1CNC1. The number of nitrogens with zero attached hydrogens (tertiary/aromatic N) is 1. The third kappa shape index (κ3) is 2.45. The van der Waals surface area contributed by atoms with Gasteiger partial charge in [-0.3, -0.25) is 4.79 Å². The van der Waals surface area contributed by atoms with Gasteiger partial charge in [-0.25, -0.2) is 0 Å². The molecule has 4 heteroatoms. The van der Waals surface area contributed by atoms with Gasteiger partial charge in [0.05, 0.1) is 6.61 Å². The highest BCUT2D eigenvalue weighted by molar-refractivity contribution is 5.94. The van der Waals surface area contributed by atoms with Gasteiger partial charge in [0.25, 0.3) is 0 Å². The van der Waals surface area contributed by atoms with Crippen LogP contribution in [0.4, 0.5) is 0 Å². The van der Waals surface area contributed by atoms with Crippen molar-refractivity contribution in [1.29, 1.82) is 0 Å². The molecule has 0 aromatic carbocycles. The Morgan fingerprint density at radius 2 is 2.17 bits per heavy atom. The molecule has 2 heterocycles. The zero-order chi connectivity index (χ0) is 12.5. The highest BCUT2D eigenvalue weighted by atomic mass is 16.5. The molecule has 0 aromatic heterocycles. The molecule has 1 saturated carbocycles. The Kier molecular flexibility index (Phi) is 3.39. The molecule has 0 aromatic rings. The van der Waals surface area contributed by atoms with Crippen LogP contribution in [0.2, 0.25) is 0 Å². The predicted molar refractivity (Wildman–Crippen MR) is 69.2 cm³/mol. The molecule has 2 saturated heterocycles. The third-order valence-electron chi connectivity index (χ3n) is 4.26. The number of rotatable bonds is 4. The Hall–Kier alpha value is -0.870. The lowest BCUT2D eigenvalue weighted by Gasteiger charge is -2.28. The number of amides is 1. The normalized spacial score (nSPS) is 26.9. The van der Waals surface area contributed by atoms with E-state index in [1.807, 2.05) is 6.92 Å². The first-order valence-corrected chi connectivity index (χ1v) is 7.03. The van der Waals surface area contributed by atoms with Crippen molar-refractivity contribution < 1.29 is 9.53 Å². The predicted octanol–water partition coefficient (Wildman–Crippen LogP) is 0.934. The van der Waals surface area contributed by atoms with Crippen molar-refractivity contribution in [3.8, 4) is 0 Å². The van der Waals surface area contributed by atoms with Crippen LogP contribution in [-0.4, -0.2) is 49.7 Å². The van der Waals surface area contributed by atoms with Crippen LogP contribution in [0.3, 0.4) is 0 Å². The second-order valence-electron chi connectivity index (χ2n) is 5.75. The van der Waals surface area contributed by atoms with Gasteiger partial charge in [-0.05, 0) is 31.8 Å². The fraction of sp³-hybridized carbons (Fsp3) is 0.786. The van der Waals surface area contributed by atoms with Crippen molar-refractivity contribution in [2.75, 3.05) is 32.8 Å². The number of ether oxygens (including phenoxy) is 1. The van der Waals surface area contributed by atoms with Gasteiger partial charge in [0.2, 0.25) is 5.91 Å². The lowest BCUT2D eigenvalue weighted by atomic mass is 10.0. The van der Waals surface area contributed by atoms with Crippen molar-refractivity contribution >= 4 is 5.91 Å².